The summed E-state index contributed by atoms with van der Waals surface area (Å²) in [6, 6.07) is 23.4. The third-order valence-electron chi connectivity index (χ3n) is 5.51. The fraction of sp³-hybridized carbons (Fsp3) is 0.167. The number of pyridine rings is 2. The molecule has 1 fully saturated rings. The molecule has 4 aromatic rings. The summed E-state index contributed by atoms with van der Waals surface area (Å²) in [4.78, 5) is 9.15. The molecule has 0 atom stereocenters. The molecule has 0 radical (unpaired) electrons. The summed E-state index contributed by atoms with van der Waals surface area (Å²) < 4.78 is 0. The lowest BCUT2D eigenvalue weighted by Crippen LogP contribution is -2.08. The van der Waals surface area contributed by atoms with Gasteiger partial charge in [0.25, 0.3) is 0 Å². The first-order valence-corrected chi connectivity index (χ1v) is 9.78. The number of halogens is 1. The molecule has 3 heteroatoms. The lowest BCUT2D eigenvalue weighted by molar-refractivity contribution is 0.420. The molecule has 0 spiro atoms. The quantitative estimate of drug-likeness (QED) is 0.367. The topological polar surface area (TPSA) is 25.8 Å². The van der Waals surface area contributed by atoms with Crippen molar-refractivity contribution in [2.75, 3.05) is 0 Å². The van der Waals surface area contributed by atoms with Crippen molar-refractivity contribution < 1.29 is 0 Å². The molecule has 132 valence electrons. The van der Waals surface area contributed by atoms with Crippen LogP contribution >= 0.6 is 11.6 Å². The second-order valence-corrected chi connectivity index (χ2v) is 7.59. The molecule has 0 unspecified atom stereocenters. The van der Waals surface area contributed by atoms with Gasteiger partial charge in [0.1, 0.15) is 5.15 Å². The number of benzene rings is 2. The van der Waals surface area contributed by atoms with Crippen LogP contribution in [-0.2, 0) is 0 Å². The van der Waals surface area contributed by atoms with E-state index in [1.165, 1.54) is 24.8 Å². The van der Waals surface area contributed by atoms with Crippen LogP contribution in [0.15, 0.2) is 72.9 Å². The van der Waals surface area contributed by atoms with E-state index in [1.54, 1.807) is 6.20 Å². The Morgan fingerprint density at radius 1 is 0.852 bits per heavy atom. The van der Waals surface area contributed by atoms with Gasteiger partial charge in [-0.05, 0) is 42.0 Å². The minimum atomic E-state index is 0.487. The maximum absolute atomic E-state index is 6.10. The van der Waals surface area contributed by atoms with E-state index in [9.17, 15) is 0 Å². The highest BCUT2D eigenvalue weighted by molar-refractivity contribution is 6.30. The Kier molecular flexibility index (Phi) is 4.14. The van der Waals surface area contributed by atoms with E-state index < -0.39 is 0 Å². The van der Waals surface area contributed by atoms with E-state index in [4.69, 9.17) is 16.6 Å². The van der Waals surface area contributed by atoms with Crippen molar-refractivity contribution in [1.29, 1.82) is 0 Å². The van der Waals surface area contributed by atoms with Crippen molar-refractivity contribution in [3.8, 4) is 22.4 Å². The van der Waals surface area contributed by atoms with Gasteiger partial charge in [-0.25, -0.2) is 9.97 Å². The molecule has 1 aliphatic carbocycles. The monoisotopic (exact) mass is 370 g/mol. The predicted octanol–water partition coefficient (Wildman–Crippen LogP) is 6.88. The molecule has 0 amide bonds. The predicted molar refractivity (Wildman–Crippen MR) is 112 cm³/mol. The maximum atomic E-state index is 6.10. The van der Waals surface area contributed by atoms with E-state index >= 15 is 0 Å². The van der Waals surface area contributed by atoms with Crippen molar-refractivity contribution in [3.05, 3.63) is 83.6 Å². The Balaban J connectivity index is 1.68. The largest absolute Gasteiger partial charge is 0.246 e. The number of rotatable bonds is 3. The van der Waals surface area contributed by atoms with Crippen LogP contribution in [0.5, 0.6) is 0 Å². The molecule has 1 aliphatic rings. The average Bonchev–Trinajstić information content (AvgIpc) is 2.67. The fourth-order valence-corrected chi connectivity index (χ4v) is 3.93. The van der Waals surface area contributed by atoms with Crippen LogP contribution in [-0.4, -0.2) is 9.97 Å². The molecule has 0 aliphatic heterocycles. The highest BCUT2D eigenvalue weighted by Gasteiger charge is 2.19. The average molecular weight is 371 g/mol. The molecular formula is C24H19ClN2. The lowest BCUT2D eigenvalue weighted by atomic mass is 9.80. The lowest BCUT2D eigenvalue weighted by Gasteiger charge is -2.25. The van der Waals surface area contributed by atoms with E-state index in [0.29, 0.717) is 5.15 Å². The Morgan fingerprint density at radius 2 is 1.63 bits per heavy atom. The van der Waals surface area contributed by atoms with Crippen LogP contribution in [0.1, 0.15) is 30.7 Å². The van der Waals surface area contributed by atoms with Gasteiger partial charge in [-0.15, -0.1) is 0 Å². The van der Waals surface area contributed by atoms with Gasteiger partial charge in [0.05, 0.1) is 17.4 Å². The Labute approximate surface area is 163 Å². The van der Waals surface area contributed by atoms with Crippen molar-refractivity contribution in [2.45, 2.75) is 25.2 Å². The Hall–Kier alpha value is -2.71. The van der Waals surface area contributed by atoms with E-state index in [1.807, 2.05) is 12.1 Å². The summed E-state index contributed by atoms with van der Waals surface area (Å²) >= 11 is 6.10. The summed E-state index contributed by atoms with van der Waals surface area (Å²) in [7, 11) is 0. The molecule has 1 saturated carbocycles. The van der Waals surface area contributed by atoms with Crippen molar-refractivity contribution in [1.82, 2.24) is 9.97 Å². The maximum Gasteiger partial charge on any atom is 0.129 e. The van der Waals surface area contributed by atoms with Crippen molar-refractivity contribution >= 4 is 22.5 Å². The highest BCUT2D eigenvalue weighted by atomic mass is 35.5. The Morgan fingerprint density at radius 3 is 2.33 bits per heavy atom. The minimum Gasteiger partial charge on any atom is -0.246 e. The van der Waals surface area contributed by atoms with Gasteiger partial charge in [0.2, 0.25) is 0 Å². The minimum absolute atomic E-state index is 0.487. The second kappa shape index (κ2) is 6.79. The van der Waals surface area contributed by atoms with E-state index in [2.05, 4.69) is 59.6 Å². The number of fused-ring (bicyclic) bond motifs is 1. The third-order valence-corrected chi connectivity index (χ3v) is 5.72. The summed E-state index contributed by atoms with van der Waals surface area (Å²) in [5, 5.41) is 1.49. The summed E-state index contributed by atoms with van der Waals surface area (Å²) in [5.41, 5.74) is 6.68. The normalized spacial score (nSPS) is 14.3. The first kappa shape index (κ1) is 16.5. The molecule has 2 nitrogen and oxygen atoms in total. The zero-order valence-electron chi connectivity index (χ0n) is 14.9. The van der Waals surface area contributed by atoms with Gasteiger partial charge in [-0.2, -0.15) is 0 Å². The Bertz CT molecular complexity index is 1100. The van der Waals surface area contributed by atoms with Gasteiger partial charge in [-0.1, -0.05) is 72.6 Å². The molecule has 0 bridgehead atoms. The highest BCUT2D eigenvalue weighted by Crippen LogP contribution is 2.38. The van der Waals surface area contributed by atoms with Gasteiger partial charge in [-0.3, -0.25) is 0 Å². The van der Waals surface area contributed by atoms with Crippen molar-refractivity contribution in [3.63, 3.8) is 0 Å². The zero-order chi connectivity index (χ0) is 18.2. The van der Waals surface area contributed by atoms with Crippen LogP contribution in [0.3, 0.4) is 0 Å². The smallest absolute Gasteiger partial charge is 0.129 e. The first-order chi connectivity index (χ1) is 13.3. The summed E-state index contributed by atoms with van der Waals surface area (Å²) in [5.74, 6) is 0.739. The van der Waals surface area contributed by atoms with Crippen LogP contribution in [0.2, 0.25) is 5.15 Å². The van der Waals surface area contributed by atoms with Gasteiger partial charge in [0.15, 0.2) is 0 Å². The van der Waals surface area contributed by atoms with E-state index in [0.717, 1.165) is 39.2 Å². The second-order valence-electron chi connectivity index (χ2n) is 7.20. The van der Waals surface area contributed by atoms with E-state index in [-0.39, 0.29) is 0 Å². The molecule has 2 heterocycles. The summed E-state index contributed by atoms with van der Waals surface area (Å²) in [6.45, 7) is 0. The molecule has 2 aromatic heterocycles. The van der Waals surface area contributed by atoms with Gasteiger partial charge < -0.3 is 0 Å². The molecule has 2 aromatic carbocycles. The van der Waals surface area contributed by atoms with Crippen LogP contribution in [0.25, 0.3) is 33.3 Å². The molecule has 0 N–H and O–H groups in total. The van der Waals surface area contributed by atoms with Crippen LogP contribution < -0.4 is 0 Å². The fourth-order valence-electron chi connectivity index (χ4n) is 3.76. The standard InChI is InChI=1S/C24H19ClN2/c25-23-14-20-13-21(18-5-2-1-3-6-18)24(27-22(20)15-26-23)19-11-9-17(10-12-19)16-7-4-8-16/h1-3,5-6,9-16H,4,7-8H2. The van der Waals surface area contributed by atoms with Gasteiger partial charge in [0, 0.05) is 16.5 Å². The zero-order valence-corrected chi connectivity index (χ0v) is 15.7. The summed E-state index contributed by atoms with van der Waals surface area (Å²) in [6.07, 6.45) is 5.73. The van der Waals surface area contributed by atoms with Crippen LogP contribution in [0.4, 0.5) is 0 Å². The van der Waals surface area contributed by atoms with Gasteiger partial charge >= 0.3 is 0 Å². The SMILES string of the molecule is Clc1cc2cc(-c3ccccc3)c(-c3ccc(C4CCC4)cc3)nc2cn1. The van der Waals surface area contributed by atoms with Crippen LogP contribution in [0, 0.1) is 0 Å². The third kappa shape index (κ3) is 3.11. The number of hydrogen-bond acceptors (Lipinski definition) is 2. The number of aromatic nitrogens is 2. The first-order valence-electron chi connectivity index (χ1n) is 9.40. The number of hydrogen-bond donors (Lipinski definition) is 0. The molecule has 0 saturated heterocycles. The molecule has 5 rings (SSSR count). The number of nitrogens with zero attached hydrogens (tertiary/aromatic N) is 2. The molecular weight excluding hydrogens is 352 g/mol. The molecule has 27 heavy (non-hydrogen) atoms. The van der Waals surface area contributed by atoms with Crippen molar-refractivity contribution in [2.24, 2.45) is 0 Å².